The van der Waals surface area contributed by atoms with E-state index in [2.05, 4.69) is 31.2 Å². The molecule has 1 amide bonds. The monoisotopic (exact) mass is 203 g/mol. The highest BCUT2D eigenvalue weighted by molar-refractivity contribution is 5.74. The number of nitrogens with zero attached hydrogens (tertiary/aromatic N) is 1. The van der Waals surface area contributed by atoms with Crippen molar-refractivity contribution in [3.05, 3.63) is 35.4 Å². The Labute approximate surface area is 90.9 Å². The predicted octanol–water partition coefficient (Wildman–Crippen LogP) is 2.54. The molecular formula is C13H17NO. The maximum absolute atomic E-state index is 11.5. The first-order valence-corrected chi connectivity index (χ1v) is 5.59. The lowest BCUT2D eigenvalue weighted by Gasteiger charge is -2.36. The summed E-state index contributed by atoms with van der Waals surface area (Å²) in [6, 6.07) is 8.75. The van der Waals surface area contributed by atoms with E-state index in [1.54, 1.807) is 6.92 Å². The molecule has 0 bridgehead atoms. The van der Waals surface area contributed by atoms with Crippen LogP contribution in [0.25, 0.3) is 0 Å². The number of hydrogen-bond acceptors (Lipinski definition) is 1. The summed E-state index contributed by atoms with van der Waals surface area (Å²) in [5, 5.41) is 0. The van der Waals surface area contributed by atoms with Crippen molar-refractivity contribution in [3.63, 3.8) is 0 Å². The van der Waals surface area contributed by atoms with Crippen LogP contribution in [0, 0.1) is 0 Å². The molecule has 1 aliphatic heterocycles. The Kier molecular flexibility index (Phi) is 2.76. The van der Waals surface area contributed by atoms with Crippen LogP contribution in [0.5, 0.6) is 0 Å². The lowest BCUT2D eigenvalue weighted by atomic mass is 9.91. The number of amides is 1. The average Bonchev–Trinajstić information content (AvgIpc) is 2.27. The Balaban J connectivity index is 2.38. The van der Waals surface area contributed by atoms with Crippen LogP contribution in [0.1, 0.15) is 37.4 Å². The minimum absolute atomic E-state index is 0.191. The van der Waals surface area contributed by atoms with Gasteiger partial charge in [-0.15, -0.1) is 0 Å². The van der Waals surface area contributed by atoms with Crippen molar-refractivity contribution in [2.75, 3.05) is 6.54 Å². The van der Waals surface area contributed by atoms with E-state index >= 15 is 0 Å². The molecule has 1 aliphatic rings. The Hall–Kier alpha value is -1.31. The number of rotatable bonds is 1. The first-order valence-electron chi connectivity index (χ1n) is 5.59. The van der Waals surface area contributed by atoms with Crippen LogP contribution in [-0.4, -0.2) is 17.4 Å². The number of hydrogen-bond donors (Lipinski definition) is 0. The van der Waals surface area contributed by atoms with E-state index in [1.165, 1.54) is 11.1 Å². The zero-order valence-corrected chi connectivity index (χ0v) is 9.36. The van der Waals surface area contributed by atoms with Gasteiger partial charge in [-0.2, -0.15) is 0 Å². The molecule has 0 aromatic heterocycles. The molecule has 0 saturated heterocycles. The van der Waals surface area contributed by atoms with Gasteiger partial charge >= 0.3 is 0 Å². The van der Waals surface area contributed by atoms with Gasteiger partial charge in [-0.05, 0) is 24.0 Å². The summed E-state index contributed by atoms with van der Waals surface area (Å²) in [7, 11) is 0. The van der Waals surface area contributed by atoms with Crippen molar-refractivity contribution >= 4 is 5.91 Å². The molecule has 2 rings (SSSR count). The molecule has 1 unspecified atom stereocenters. The fourth-order valence-corrected chi connectivity index (χ4v) is 2.47. The van der Waals surface area contributed by atoms with Crippen LogP contribution in [0.3, 0.4) is 0 Å². The summed E-state index contributed by atoms with van der Waals surface area (Å²) in [5.74, 6) is 0.191. The van der Waals surface area contributed by atoms with Crippen molar-refractivity contribution in [2.45, 2.75) is 32.7 Å². The van der Waals surface area contributed by atoms with E-state index in [-0.39, 0.29) is 11.9 Å². The van der Waals surface area contributed by atoms with Crippen LogP contribution in [0.2, 0.25) is 0 Å². The molecule has 1 aromatic carbocycles. The fraction of sp³-hybridized carbons (Fsp3) is 0.462. The zero-order chi connectivity index (χ0) is 10.8. The van der Waals surface area contributed by atoms with Gasteiger partial charge in [-0.25, -0.2) is 0 Å². The first kappa shape index (κ1) is 10.2. The number of benzene rings is 1. The summed E-state index contributed by atoms with van der Waals surface area (Å²) in [5.41, 5.74) is 2.74. The van der Waals surface area contributed by atoms with Crippen LogP contribution < -0.4 is 0 Å². The van der Waals surface area contributed by atoms with Gasteiger partial charge in [0.1, 0.15) is 0 Å². The van der Waals surface area contributed by atoms with Gasteiger partial charge in [0.05, 0.1) is 6.04 Å². The normalized spacial score (nSPS) is 19.9. The molecule has 80 valence electrons. The molecule has 0 fully saturated rings. The number of carbonyl (C=O) groups is 1. The van der Waals surface area contributed by atoms with E-state index in [9.17, 15) is 4.79 Å². The average molecular weight is 203 g/mol. The summed E-state index contributed by atoms with van der Waals surface area (Å²) >= 11 is 0. The summed E-state index contributed by atoms with van der Waals surface area (Å²) in [6.45, 7) is 4.67. The van der Waals surface area contributed by atoms with Gasteiger partial charge < -0.3 is 4.90 Å². The molecule has 0 radical (unpaired) electrons. The molecule has 2 nitrogen and oxygen atoms in total. The van der Waals surface area contributed by atoms with E-state index in [4.69, 9.17) is 0 Å². The first-order chi connectivity index (χ1) is 7.24. The quantitative estimate of drug-likeness (QED) is 0.687. The summed E-state index contributed by atoms with van der Waals surface area (Å²) in [6.07, 6.45) is 1.99. The number of fused-ring (bicyclic) bond motifs is 1. The van der Waals surface area contributed by atoms with Crippen molar-refractivity contribution in [3.8, 4) is 0 Å². The third kappa shape index (κ3) is 1.76. The van der Waals surface area contributed by atoms with Crippen molar-refractivity contribution < 1.29 is 4.79 Å². The van der Waals surface area contributed by atoms with E-state index in [0.717, 1.165) is 19.4 Å². The maximum atomic E-state index is 11.5. The smallest absolute Gasteiger partial charge is 0.219 e. The summed E-state index contributed by atoms with van der Waals surface area (Å²) in [4.78, 5) is 13.5. The lowest BCUT2D eigenvalue weighted by molar-refractivity contribution is -0.131. The van der Waals surface area contributed by atoms with Gasteiger partial charge in [-0.3, -0.25) is 4.79 Å². The Morgan fingerprint density at radius 2 is 2.20 bits per heavy atom. The van der Waals surface area contributed by atoms with Crippen LogP contribution in [0.4, 0.5) is 0 Å². The van der Waals surface area contributed by atoms with Gasteiger partial charge in [0.2, 0.25) is 5.91 Å². The molecule has 1 aromatic rings. The Bertz CT molecular complexity index is 373. The second-order valence-electron chi connectivity index (χ2n) is 4.09. The SMILES string of the molecule is CCC1c2ccccc2CCN1C(C)=O. The Morgan fingerprint density at radius 3 is 2.87 bits per heavy atom. The van der Waals surface area contributed by atoms with E-state index in [1.807, 2.05) is 4.90 Å². The molecule has 2 heteroatoms. The molecule has 0 spiro atoms. The largest absolute Gasteiger partial charge is 0.336 e. The zero-order valence-electron chi connectivity index (χ0n) is 9.36. The van der Waals surface area contributed by atoms with Crippen molar-refractivity contribution in [1.29, 1.82) is 0 Å². The molecular weight excluding hydrogens is 186 g/mol. The van der Waals surface area contributed by atoms with Gasteiger partial charge in [0.25, 0.3) is 0 Å². The van der Waals surface area contributed by atoms with Crippen molar-refractivity contribution in [2.24, 2.45) is 0 Å². The predicted molar refractivity (Wildman–Crippen MR) is 60.6 cm³/mol. The standard InChI is InChI=1S/C13H17NO/c1-3-13-12-7-5-4-6-11(12)8-9-14(13)10(2)15/h4-7,13H,3,8-9H2,1-2H3. The lowest BCUT2D eigenvalue weighted by Crippen LogP contribution is -2.38. The molecule has 0 aliphatic carbocycles. The second kappa shape index (κ2) is 4.05. The van der Waals surface area contributed by atoms with E-state index in [0.29, 0.717) is 0 Å². The minimum atomic E-state index is 0.191. The highest BCUT2D eigenvalue weighted by Crippen LogP contribution is 2.31. The number of carbonyl (C=O) groups excluding carboxylic acids is 1. The van der Waals surface area contributed by atoms with Crippen molar-refractivity contribution in [1.82, 2.24) is 4.90 Å². The van der Waals surface area contributed by atoms with Crippen LogP contribution >= 0.6 is 0 Å². The molecule has 15 heavy (non-hydrogen) atoms. The molecule has 0 N–H and O–H groups in total. The topological polar surface area (TPSA) is 20.3 Å². The van der Waals surface area contributed by atoms with Crippen LogP contribution in [0.15, 0.2) is 24.3 Å². The second-order valence-corrected chi connectivity index (χ2v) is 4.09. The summed E-state index contributed by atoms with van der Waals surface area (Å²) < 4.78 is 0. The third-order valence-corrected chi connectivity index (χ3v) is 3.20. The van der Waals surface area contributed by atoms with Gasteiger partial charge in [-0.1, -0.05) is 31.2 Å². The Morgan fingerprint density at radius 1 is 1.47 bits per heavy atom. The highest BCUT2D eigenvalue weighted by Gasteiger charge is 2.26. The third-order valence-electron chi connectivity index (χ3n) is 3.20. The maximum Gasteiger partial charge on any atom is 0.219 e. The van der Waals surface area contributed by atoms with Crippen LogP contribution in [-0.2, 0) is 11.2 Å². The van der Waals surface area contributed by atoms with Gasteiger partial charge in [0.15, 0.2) is 0 Å². The highest BCUT2D eigenvalue weighted by atomic mass is 16.2. The molecule has 0 saturated carbocycles. The molecule has 1 atom stereocenters. The fourth-order valence-electron chi connectivity index (χ4n) is 2.47. The molecule has 1 heterocycles. The van der Waals surface area contributed by atoms with E-state index < -0.39 is 0 Å². The van der Waals surface area contributed by atoms with Gasteiger partial charge in [0, 0.05) is 13.5 Å². The minimum Gasteiger partial charge on any atom is -0.336 e.